The average molecular weight is 361 g/mol. The SMILES string of the molecule is CC(C)Cc1ccc([C@@H](C)C(=O)Nc2ccc(Br)cn2)cc1. The summed E-state index contributed by atoms with van der Waals surface area (Å²) in [7, 11) is 0. The lowest BCUT2D eigenvalue weighted by molar-refractivity contribution is -0.117. The van der Waals surface area contributed by atoms with Crippen LogP contribution in [0.25, 0.3) is 0 Å². The van der Waals surface area contributed by atoms with Crippen LogP contribution in [0.2, 0.25) is 0 Å². The third kappa shape index (κ3) is 4.67. The first-order valence-electron chi connectivity index (χ1n) is 7.47. The van der Waals surface area contributed by atoms with Gasteiger partial charge in [-0.15, -0.1) is 0 Å². The molecule has 0 aliphatic heterocycles. The maximum Gasteiger partial charge on any atom is 0.232 e. The Morgan fingerprint density at radius 2 is 1.82 bits per heavy atom. The maximum atomic E-state index is 12.3. The van der Waals surface area contributed by atoms with E-state index in [4.69, 9.17) is 0 Å². The first kappa shape index (κ1) is 16.7. The van der Waals surface area contributed by atoms with Gasteiger partial charge in [-0.1, -0.05) is 38.1 Å². The fourth-order valence-electron chi connectivity index (χ4n) is 2.25. The van der Waals surface area contributed by atoms with Gasteiger partial charge in [-0.3, -0.25) is 4.79 Å². The number of rotatable bonds is 5. The number of benzene rings is 1. The van der Waals surface area contributed by atoms with Crippen molar-refractivity contribution in [2.45, 2.75) is 33.1 Å². The van der Waals surface area contributed by atoms with Gasteiger partial charge >= 0.3 is 0 Å². The van der Waals surface area contributed by atoms with Gasteiger partial charge in [-0.25, -0.2) is 4.98 Å². The molecule has 1 N–H and O–H groups in total. The number of carbonyl (C=O) groups excluding carboxylic acids is 1. The van der Waals surface area contributed by atoms with Crippen LogP contribution < -0.4 is 5.32 Å². The second-order valence-electron chi connectivity index (χ2n) is 5.91. The third-order valence-corrected chi connectivity index (χ3v) is 3.96. The molecular formula is C18H21BrN2O. The van der Waals surface area contributed by atoms with Crippen LogP contribution in [0.4, 0.5) is 5.82 Å². The molecule has 0 radical (unpaired) electrons. The zero-order chi connectivity index (χ0) is 16.1. The molecule has 1 aromatic carbocycles. The molecule has 0 saturated carbocycles. The maximum absolute atomic E-state index is 12.3. The Bertz CT molecular complexity index is 621. The van der Waals surface area contributed by atoms with Crippen molar-refractivity contribution in [3.63, 3.8) is 0 Å². The quantitative estimate of drug-likeness (QED) is 0.832. The summed E-state index contributed by atoms with van der Waals surface area (Å²) in [6, 6.07) is 11.9. The zero-order valence-corrected chi connectivity index (χ0v) is 14.7. The van der Waals surface area contributed by atoms with Gasteiger partial charge in [0.1, 0.15) is 5.82 Å². The number of nitrogens with one attached hydrogen (secondary N) is 1. The van der Waals surface area contributed by atoms with Gasteiger partial charge in [0.2, 0.25) is 5.91 Å². The molecule has 1 atom stereocenters. The minimum absolute atomic E-state index is 0.0496. The van der Waals surface area contributed by atoms with E-state index in [0.717, 1.165) is 16.5 Å². The fourth-order valence-corrected chi connectivity index (χ4v) is 2.48. The van der Waals surface area contributed by atoms with Crippen LogP contribution in [0.3, 0.4) is 0 Å². The Balaban J connectivity index is 2.02. The molecule has 4 heteroatoms. The van der Waals surface area contributed by atoms with Crippen molar-refractivity contribution in [1.82, 2.24) is 4.98 Å². The summed E-state index contributed by atoms with van der Waals surface area (Å²) in [6.45, 7) is 6.32. The number of anilines is 1. The Labute approximate surface area is 140 Å². The van der Waals surface area contributed by atoms with Gasteiger partial charge in [-0.05, 0) is 58.5 Å². The highest BCUT2D eigenvalue weighted by Gasteiger charge is 2.15. The summed E-state index contributed by atoms with van der Waals surface area (Å²) in [5.74, 6) is 0.941. The molecule has 0 unspecified atom stereocenters. The molecule has 0 spiro atoms. The van der Waals surface area contributed by atoms with Gasteiger partial charge in [0.25, 0.3) is 0 Å². The van der Waals surface area contributed by atoms with Crippen LogP contribution >= 0.6 is 15.9 Å². The molecule has 0 fully saturated rings. The summed E-state index contributed by atoms with van der Waals surface area (Å²) in [5.41, 5.74) is 2.32. The molecule has 0 aliphatic rings. The van der Waals surface area contributed by atoms with Crippen LogP contribution in [-0.4, -0.2) is 10.9 Å². The topological polar surface area (TPSA) is 42.0 Å². The van der Waals surface area contributed by atoms with Crippen molar-refractivity contribution >= 4 is 27.7 Å². The number of pyridine rings is 1. The van der Waals surface area contributed by atoms with Gasteiger partial charge in [0, 0.05) is 10.7 Å². The Morgan fingerprint density at radius 1 is 1.14 bits per heavy atom. The average Bonchev–Trinajstić information content (AvgIpc) is 2.49. The van der Waals surface area contributed by atoms with E-state index in [1.807, 2.05) is 25.1 Å². The number of amides is 1. The Kier molecular flexibility index (Phi) is 5.72. The van der Waals surface area contributed by atoms with Crippen LogP contribution in [0.1, 0.15) is 37.8 Å². The van der Waals surface area contributed by atoms with Gasteiger partial charge in [-0.2, -0.15) is 0 Å². The van der Waals surface area contributed by atoms with E-state index in [1.54, 1.807) is 12.3 Å². The fraction of sp³-hybridized carbons (Fsp3) is 0.333. The van der Waals surface area contributed by atoms with E-state index in [0.29, 0.717) is 11.7 Å². The van der Waals surface area contributed by atoms with Crippen molar-refractivity contribution in [3.8, 4) is 0 Å². The molecule has 1 aromatic heterocycles. The van der Waals surface area contributed by atoms with E-state index in [9.17, 15) is 4.79 Å². The van der Waals surface area contributed by atoms with Crippen LogP contribution in [0.5, 0.6) is 0 Å². The van der Waals surface area contributed by atoms with E-state index in [-0.39, 0.29) is 11.8 Å². The van der Waals surface area contributed by atoms with Crippen molar-refractivity contribution in [1.29, 1.82) is 0 Å². The number of halogens is 1. The van der Waals surface area contributed by atoms with Crippen molar-refractivity contribution in [2.24, 2.45) is 5.92 Å². The van der Waals surface area contributed by atoms with Crippen LogP contribution in [0.15, 0.2) is 47.1 Å². The number of carbonyl (C=O) groups is 1. The Morgan fingerprint density at radius 3 is 2.36 bits per heavy atom. The van der Waals surface area contributed by atoms with Gasteiger partial charge in [0.05, 0.1) is 5.92 Å². The summed E-state index contributed by atoms with van der Waals surface area (Å²) >= 11 is 3.33. The van der Waals surface area contributed by atoms with E-state index >= 15 is 0 Å². The normalized spacial score (nSPS) is 12.2. The zero-order valence-electron chi connectivity index (χ0n) is 13.1. The smallest absolute Gasteiger partial charge is 0.232 e. The first-order chi connectivity index (χ1) is 10.5. The van der Waals surface area contributed by atoms with Gasteiger partial charge < -0.3 is 5.32 Å². The molecule has 2 aromatic rings. The number of hydrogen-bond acceptors (Lipinski definition) is 2. The highest BCUT2D eigenvalue weighted by Crippen LogP contribution is 2.19. The summed E-state index contributed by atoms with van der Waals surface area (Å²) in [5, 5.41) is 2.84. The molecule has 0 aliphatic carbocycles. The predicted octanol–water partition coefficient (Wildman–Crippen LogP) is 4.78. The summed E-state index contributed by atoms with van der Waals surface area (Å²) in [4.78, 5) is 16.5. The molecule has 2 rings (SSSR count). The standard InChI is InChI=1S/C18H21BrN2O/c1-12(2)10-14-4-6-15(7-5-14)13(3)18(22)21-17-9-8-16(19)11-20-17/h4-9,11-13H,10H2,1-3H3,(H,20,21,22)/t13-/m1/s1. The Hall–Kier alpha value is -1.68. The minimum atomic E-state index is -0.210. The number of nitrogens with zero attached hydrogens (tertiary/aromatic N) is 1. The predicted molar refractivity (Wildman–Crippen MR) is 94.0 cm³/mol. The molecule has 116 valence electrons. The highest BCUT2D eigenvalue weighted by molar-refractivity contribution is 9.10. The molecule has 3 nitrogen and oxygen atoms in total. The van der Waals surface area contributed by atoms with Crippen molar-refractivity contribution in [2.75, 3.05) is 5.32 Å². The van der Waals surface area contributed by atoms with Crippen LogP contribution in [0, 0.1) is 5.92 Å². The lowest BCUT2D eigenvalue weighted by Crippen LogP contribution is -2.19. The monoisotopic (exact) mass is 360 g/mol. The van der Waals surface area contributed by atoms with Crippen molar-refractivity contribution in [3.05, 3.63) is 58.2 Å². The van der Waals surface area contributed by atoms with Crippen molar-refractivity contribution < 1.29 is 4.79 Å². The van der Waals surface area contributed by atoms with Crippen LogP contribution in [-0.2, 0) is 11.2 Å². The lowest BCUT2D eigenvalue weighted by atomic mass is 9.96. The largest absolute Gasteiger partial charge is 0.310 e. The molecular weight excluding hydrogens is 340 g/mol. The molecule has 1 heterocycles. The molecule has 0 bridgehead atoms. The number of hydrogen-bond donors (Lipinski definition) is 1. The molecule has 1 amide bonds. The molecule has 0 saturated heterocycles. The molecule has 22 heavy (non-hydrogen) atoms. The summed E-state index contributed by atoms with van der Waals surface area (Å²) in [6.07, 6.45) is 2.73. The second-order valence-corrected chi connectivity index (χ2v) is 6.83. The third-order valence-electron chi connectivity index (χ3n) is 3.50. The lowest BCUT2D eigenvalue weighted by Gasteiger charge is -2.13. The second kappa shape index (κ2) is 7.54. The highest BCUT2D eigenvalue weighted by atomic mass is 79.9. The van der Waals surface area contributed by atoms with E-state index < -0.39 is 0 Å². The van der Waals surface area contributed by atoms with E-state index in [1.165, 1.54) is 5.56 Å². The van der Waals surface area contributed by atoms with E-state index in [2.05, 4.69) is 52.2 Å². The van der Waals surface area contributed by atoms with Gasteiger partial charge in [0.15, 0.2) is 0 Å². The first-order valence-corrected chi connectivity index (χ1v) is 8.26. The number of aromatic nitrogens is 1. The summed E-state index contributed by atoms with van der Waals surface area (Å²) < 4.78 is 0.888. The minimum Gasteiger partial charge on any atom is -0.310 e.